The van der Waals surface area contributed by atoms with Crippen LogP contribution in [-0.4, -0.2) is 23.8 Å². The van der Waals surface area contributed by atoms with Crippen LogP contribution in [0.3, 0.4) is 0 Å². The summed E-state index contributed by atoms with van der Waals surface area (Å²) in [6.45, 7) is 7.04. The number of carbonyl (C=O) groups excluding carboxylic acids is 1. The number of aliphatic hydroxyl groups excluding tert-OH is 1. The van der Waals surface area contributed by atoms with E-state index in [1.807, 2.05) is 0 Å². The molecule has 0 aromatic heterocycles. The number of fused-ring (bicyclic) bond motifs is 1. The summed E-state index contributed by atoms with van der Waals surface area (Å²) in [6, 6.07) is 0. The normalized spacial score (nSPS) is 51.7. The molecule has 0 amide bonds. The molecule has 1 saturated heterocycles. The summed E-state index contributed by atoms with van der Waals surface area (Å²) in [5.41, 5.74) is 2.11. The van der Waals surface area contributed by atoms with E-state index in [-0.39, 0.29) is 28.8 Å². The molecule has 0 aromatic carbocycles. The number of ether oxygens (including phenoxy) is 1. The van der Waals surface area contributed by atoms with Crippen molar-refractivity contribution in [2.45, 2.75) is 46.1 Å². The van der Waals surface area contributed by atoms with Crippen LogP contribution in [0.1, 0.15) is 40.0 Å². The van der Waals surface area contributed by atoms with E-state index in [0.29, 0.717) is 6.61 Å². The van der Waals surface area contributed by atoms with Gasteiger partial charge in [0.05, 0.1) is 6.10 Å². The van der Waals surface area contributed by atoms with E-state index < -0.39 is 5.41 Å². The van der Waals surface area contributed by atoms with Crippen LogP contribution in [0.25, 0.3) is 0 Å². The fraction of sp³-hybridized carbons (Fsp3) is 0.800. The van der Waals surface area contributed by atoms with Crippen LogP contribution in [0.5, 0.6) is 0 Å². The maximum atomic E-state index is 12.1. The van der Waals surface area contributed by atoms with E-state index in [4.69, 9.17) is 4.74 Å². The molecule has 1 heterocycles. The Morgan fingerprint density at radius 2 is 2.06 bits per heavy atom. The molecule has 1 aliphatic heterocycles. The Labute approximate surface area is 107 Å². The molecule has 4 aliphatic rings. The van der Waals surface area contributed by atoms with Crippen molar-refractivity contribution in [2.75, 3.05) is 6.61 Å². The zero-order valence-corrected chi connectivity index (χ0v) is 11.2. The first kappa shape index (κ1) is 11.0. The number of cyclic esters (lactones) is 1. The van der Waals surface area contributed by atoms with Crippen molar-refractivity contribution >= 4 is 5.97 Å². The van der Waals surface area contributed by atoms with E-state index in [0.717, 1.165) is 19.3 Å². The highest BCUT2D eigenvalue weighted by atomic mass is 16.5. The van der Waals surface area contributed by atoms with Crippen molar-refractivity contribution < 1.29 is 14.6 Å². The van der Waals surface area contributed by atoms with Gasteiger partial charge in [0.25, 0.3) is 0 Å². The summed E-state index contributed by atoms with van der Waals surface area (Å²) in [5, 5.41) is 10.7. The van der Waals surface area contributed by atoms with Crippen molar-refractivity contribution in [3.63, 3.8) is 0 Å². The van der Waals surface area contributed by atoms with Gasteiger partial charge in [-0.25, -0.2) is 0 Å². The average Bonchev–Trinajstić information content (AvgIpc) is 2.61. The van der Waals surface area contributed by atoms with Gasteiger partial charge < -0.3 is 9.84 Å². The molecule has 4 atom stereocenters. The van der Waals surface area contributed by atoms with Gasteiger partial charge in [0.15, 0.2) is 0 Å². The zero-order chi connectivity index (χ0) is 12.9. The maximum Gasteiger partial charge on any atom is 0.317 e. The fourth-order valence-electron chi connectivity index (χ4n) is 5.01. The number of hydrogen-bond acceptors (Lipinski definition) is 3. The predicted octanol–water partition coefficient (Wildman–Crippen LogP) is 2.05. The molecule has 3 fully saturated rings. The molecule has 3 heteroatoms. The summed E-state index contributed by atoms with van der Waals surface area (Å²) in [6.07, 6.45) is 2.46. The molecule has 0 unspecified atom stereocenters. The van der Waals surface area contributed by atoms with E-state index in [2.05, 4.69) is 20.8 Å². The third-order valence-corrected chi connectivity index (χ3v) is 6.00. The summed E-state index contributed by atoms with van der Waals surface area (Å²) >= 11 is 0. The first-order valence-corrected chi connectivity index (χ1v) is 6.90. The lowest BCUT2D eigenvalue weighted by atomic mass is 9.71. The first-order chi connectivity index (χ1) is 8.32. The molecule has 3 aliphatic carbocycles. The van der Waals surface area contributed by atoms with Crippen molar-refractivity contribution in [3.8, 4) is 0 Å². The Morgan fingerprint density at radius 1 is 1.33 bits per heavy atom. The number of carbonyl (C=O) groups is 1. The molecule has 1 N–H and O–H groups in total. The highest BCUT2D eigenvalue weighted by Gasteiger charge is 2.80. The summed E-state index contributed by atoms with van der Waals surface area (Å²) in [7, 11) is 0. The number of esters is 1. The van der Waals surface area contributed by atoms with Crippen molar-refractivity contribution in [1.82, 2.24) is 0 Å². The van der Waals surface area contributed by atoms with Crippen LogP contribution in [0.15, 0.2) is 11.1 Å². The van der Waals surface area contributed by atoms with Crippen LogP contribution in [-0.2, 0) is 9.53 Å². The van der Waals surface area contributed by atoms with Gasteiger partial charge in [0.1, 0.15) is 12.0 Å². The number of hydrogen-bond donors (Lipinski definition) is 1. The monoisotopic (exact) mass is 248 g/mol. The quantitative estimate of drug-likeness (QED) is 0.527. The molecule has 2 saturated carbocycles. The van der Waals surface area contributed by atoms with Crippen LogP contribution in [0, 0.1) is 22.2 Å². The van der Waals surface area contributed by atoms with E-state index in [1.54, 1.807) is 0 Å². The van der Waals surface area contributed by atoms with Crippen molar-refractivity contribution in [3.05, 3.63) is 11.1 Å². The standard InChI is InChI=1S/C15H20O3/c1-13(2)4-8-9(5-13)11(16)14(3)7-15(14)10(8)6-18-12(15)17/h9,11,16H,4-7H2,1-3H3/t9-,11+,14+,15-/m1/s1. The number of rotatable bonds is 0. The molecule has 0 radical (unpaired) electrons. The average molecular weight is 248 g/mol. The minimum absolute atomic E-state index is 0.0882. The summed E-state index contributed by atoms with van der Waals surface area (Å²) in [4.78, 5) is 12.1. The van der Waals surface area contributed by atoms with E-state index >= 15 is 0 Å². The predicted molar refractivity (Wildman–Crippen MR) is 65.7 cm³/mol. The largest absolute Gasteiger partial charge is 0.460 e. The molecular weight excluding hydrogens is 228 g/mol. The number of aliphatic hydroxyl groups is 1. The lowest BCUT2D eigenvalue weighted by molar-refractivity contribution is -0.144. The second-order valence-electron chi connectivity index (χ2n) is 7.68. The third kappa shape index (κ3) is 0.932. The van der Waals surface area contributed by atoms with Crippen LogP contribution >= 0.6 is 0 Å². The Bertz CT molecular complexity index is 504. The second-order valence-corrected chi connectivity index (χ2v) is 7.68. The fourth-order valence-corrected chi connectivity index (χ4v) is 5.01. The van der Waals surface area contributed by atoms with Gasteiger partial charge in [-0.15, -0.1) is 0 Å². The first-order valence-electron chi connectivity index (χ1n) is 6.90. The van der Waals surface area contributed by atoms with Crippen LogP contribution in [0.2, 0.25) is 0 Å². The molecule has 18 heavy (non-hydrogen) atoms. The minimum atomic E-state index is -0.446. The highest BCUT2D eigenvalue weighted by Crippen LogP contribution is 2.77. The third-order valence-electron chi connectivity index (χ3n) is 6.00. The smallest absolute Gasteiger partial charge is 0.317 e. The van der Waals surface area contributed by atoms with Crippen molar-refractivity contribution in [1.29, 1.82) is 0 Å². The SMILES string of the molecule is CC1(C)CC2=C3COC(=O)[C@@]34C[C@@]4(C)[C@@H](O)[C@@H]2C1. The van der Waals surface area contributed by atoms with Crippen LogP contribution < -0.4 is 0 Å². The Kier molecular flexibility index (Phi) is 1.65. The van der Waals surface area contributed by atoms with E-state index in [1.165, 1.54) is 11.1 Å². The highest BCUT2D eigenvalue weighted by molar-refractivity contribution is 5.90. The molecular formula is C15H20O3. The van der Waals surface area contributed by atoms with Crippen molar-refractivity contribution in [2.24, 2.45) is 22.2 Å². The molecule has 98 valence electrons. The van der Waals surface area contributed by atoms with Gasteiger partial charge in [0, 0.05) is 11.3 Å². The molecule has 3 nitrogen and oxygen atoms in total. The van der Waals surface area contributed by atoms with E-state index in [9.17, 15) is 9.90 Å². The molecule has 0 bridgehead atoms. The lowest BCUT2D eigenvalue weighted by Crippen LogP contribution is -2.39. The van der Waals surface area contributed by atoms with Gasteiger partial charge in [0.2, 0.25) is 0 Å². The van der Waals surface area contributed by atoms with Gasteiger partial charge in [-0.2, -0.15) is 0 Å². The van der Waals surface area contributed by atoms with Gasteiger partial charge in [-0.3, -0.25) is 4.79 Å². The molecule has 4 rings (SSSR count). The summed E-state index contributed by atoms with van der Waals surface area (Å²) < 4.78 is 5.33. The maximum absolute atomic E-state index is 12.1. The second kappa shape index (κ2) is 2.69. The van der Waals surface area contributed by atoms with Gasteiger partial charge in [-0.05, 0) is 30.3 Å². The van der Waals surface area contributed by atoms with Gasteiger partial charge in [-0.1, -0.05) is 26.3 Å². The Hall–Kier alpha value is -0.830. The molecule has 1 spiro atoms. The Morgan fingerprint density at radius 3 is 2.78 bits per heavy atom. The topological polar surface area (TPSA) is 46.5 Å². The molecule has 0 aromatic rings. The van der Waals surface area contributed by atoms with Gasteiger partial charge >= 0.3 is 5.97 Å². The lowest BCUT2D eigenvalue weighted by Gasteiger charge is -2.34. The minimum Gasteiger partial charge on any atom is -0.460 e. The van der Waals surface area contributed by atoms with Crippen LogP contribution in [0.4, 0.5) is 0 Å². The zero-order valence-electron chi connectivity index (χ0n) is 11.2. The summed E-state index contributed by atoms with van der Waals surface area (Å²) in [5.74, 6) is 0.167. The Balaban J connectivity index is 1.92.